The summed E-state index contributed by atoms with van der Waals surface area (Å²) in [7, 11) is 0. The molecule has 9 nitrogen and oxygen atoms in total. The third kappa shape index (κ3) is 5.40. The van der Waals surface area contributed by atoms with E-state index in [1.54, 1.807) is 0 Å². The molecule has 0 aromatic heterocycles. The van der Waals surface area contributed by atoms with Gasteiger partial charge in [-0.1, -0.05) is 26.5 Å². The van der Waals surface area contributed by atoms with Gasteiger partial charge in [-0.05, 0) is 74.3 Å². The van der Waals surface area contributed by atoms with Crippen LogP contribution in [0.4, 0.5) is 14.5 Å². The molecule has 1 saturated heterocycles. The molecule has 2 N–H and O–H groups in total. The minimum atomic E-state index is -1.12. The zero-order chi connectivity index (χ0) is 32.1. The first kappa shape index (κ1) is 30.6. The molecular weight excluding hydrogens is 580 g/mol. The summed E-state index contributed by atoms with van der Waals surface area (Å²) >= 11 is 0. The summed E-state index contributed by atoms with van der Waals surface area (Å²) in [5.74, 6) is -3.16. The van der Waals surface area contributed by atoms with Gasteiger partial charge in [0.2, 0.25) is 5.91 Å². The Morgan fingerprint density at radius 3 is 2.64 bits per heavy atom. The second-order valence-corrected chi connectivity index (χ2v) is 13.1. The molecule has 2 fully saturated rings. The number of nitriles is 1. The van der Waals surface area contributed by atoms with Crippen molar-refractivity contribution in [2.75, 3.05) is 25.0 Å². The van der Waals surface area contributed by atoms with E-state index in [2.05, 4.69) is 23.3 Å². The Balaban J connectivity index is 1.34. The predicted octanol–water partition coefficient (Wildman–Crippen LogP) is 4.49. The predicted molar refractivity (Wildman–Crippen MR) is 162 cm³/mol. The number of fused-ring (bicyclic) bond motifs is 2. The average molecular weight is 618 g/mol. The summed E-state index contributed by atoms with van der Waals surface area (Å²) in [5, 5.41) is 16.3. The monoisotopic (exact) mass is 617 g/mol. The molecule has 3 heterocycles. The fourth-order valence-corrected chi connectivity index (χ4v) is 7.07. The van der Waals surface area contributed by atoms with Gasteiger partial charge in [0.1, 0.15) is 29.5 Å². The van der Waals surface area contributed by atoms with Gasteiger partial charge in [-0.25, -0.2) is 8.78 Å². The Kier molecular flexibility index (Phi) is 7.79. The van der Waals surface area contributed by atoms with Gasteiger partial charge in [-0.3, -0.25) is 14.4 Å². The number of nitrogens with zero attached hydrogens (tertiary/aromatic N) is 3. The van der Waals surface area contributed by atoms with E-state index in [-0.39, 0.29) is 31.0 Å². The molecular formula is C34H37F2N5O4. The van der Waals surface area contributed by atoms with Crippen LogP contribution in [0.3, 0.4) is 0 Å². The Bertz CT molecular complexity index is 1620. The van der Waals surface area contributed by atoms with Gasteiger partial charge in [0, 0.05) is 36.1 Å². The highest BCUT2D eigenvalue weighted by Crippen LogP contribution is 2.52. The summed E-state index contributed by atoms with van der Waals surface area (Å²) in [6.07, 6.45) is 2.38. The normalized spacial score (nSPS) is 25.2. The van der Waals surface area contributed by atoms with Crippen LogP contribution in [-0.2, 0) is 25.3 Å². The van der Waals surface area contributed by atoms with Crippen molar-refractivity contribution in [1.82, 2.24) is 15.1 Å². The van der Waals surface area contributed by atoms with Crippen LogP contribution in [0.25, 0.3) is 0 Å². The third-order valence-electron chi connectivity index (χ3n) is 9.58. The van der Waals surface area contributed by atoms with Crippen molar-refractivity contribution in [3.05, 3.63) is 71.4 Å². The lowest BCUT2D eigenvalue weighted by molar-refractivity contribution is -0.153. The second kappa shape index (κ2) is 11.5. The number of carbonyl (C=O) groups excluding carboxylic acids is 3. The molecule has 3 atom stereocenters. The van der Waals surface area contributed by atoms with Gasteiger partial charge in [0.15, 0.2) is 0 Å². The summed E-state index contributed by atoms with van der Waals surface area (Å²) in [4.78, 5) is 44.9. The molecule has 2 aromatic carbocycles. The molecule has 1 saturated carbocycles. The van der Waals surface area contributed by atoms with Crippen molar-refractivity contribution in [3.8, 4) is 11.8 Å². The van der Waals surface area contributed by atoms with Gasteiger partial charge in [0.25, 0.3) is 0 Å². The van der Waals surface area contributed by atoms with Crippen LogP contribution in [0.15, 0.2) is 48.7 Å². The first-order chi connectivity index (χ1) is 21.5. The highest BCUT2D eigenvalue weighted by molar-refractivity contribution is 6.35. The SMILES string of the molecule is C=C1Nc2ccc3cc2[C@@]12C[C@@H](C#N)N(C2)C(=O)[C@H](CC(C)C)N(C(=O)C(=O)NC1(c2ccc(F)cc2F)CC1)CCCCO3. The molecule has 45 heavy (non-hydrogen) atoms. The maximum atomic E-state index is 14.7. The molecule has 1 spiro atoms. The number of halogens is 2. The number of nitrogens with one attached hydrogen (secondary N) is 2. The van der Waals surface area contributed by atoms with E-state index < -0.39 is 52.4 Å². The van der Waals surface area contributed by atoms with Crippen molar-refractivity contribution in [2.45, 2.75) is 75.4 Å². The topological polar surface area (TPSA) is 115 Å². The van der Waals surface area contributed by atoms with Crippen LogP contribution in [0, 0.1) is 28.9 Å². The average Bonchev–Trinajstić information content (AvgIpc) is 3.57. The van der Waals surface area contributed by atoms with Gasteiger partial charge in [-0.15, -0.1) is 0 Å². The molecule has 3 aliphatic heterocycles. The second-order valence-electron chi connectivity index (χ2n) is 13.1. The van der Waals surface area contributed by atoms with Crippen LogP contribution >= 0.6 is 0 Å². The van der Waals surface area contributed by atoms with Crippen LogP contribution in [-0.4, -0.2) is 59.3 Å². The van der Waals surface area contributed by atoms with E-state index in [1.807, 2.05) is 32.0 Å². The number of anilines is 1. The smallest absolute Gasteiger partial charge is 0.312 e. The van der Waals surface area contributed by atoms with Gasteiger partial charge >= 0.3 is 11.8 Å². The van der Waals surface area contributed by atoms with Crippen molar-refractivity contribution in [1.29, 1.82) is 5.26 Å². The standard InChI is InChI=1S/C34H37F2N5O4/c1-20(2)14-29-31(43)41-19-33(17-23(41)18-37)21(3)38-28-9-7-24(16-26(28)33)45-13-5-4-12-40(29)32(44)30(42)39-34(10-11-34)25-8-6-22(35)15-27(25)36/h6-9,15-16,20,23,29,38H,3-5,10-14,17,19H2,1-2H3,(H,39,42)/t23-,29-,33+/m0/s1. The molecule has 1 aliphatic carbocycles. The van der Waals surface area contributed by atoms with E-state index in [4.69, 9.17) is 4.74 Å². The number of hydrogen-bond donors (Lipinski definition) is 2. The number of amides is 3. The third-order valence-corrected chi connectivity index (χ3v) is 9.58. The van der Waals surface area contributed by atoms with Crippen molar-refractivity contribution in [3.63, 3.8) is 0 Å². The molecule has 236 valence electrons. The molecule has 3 amide bonds. The molecule has 6 rings (SSSR count). The van der Waals surface area contributed by atoms with Crippen LogP contribution in [0.1, 0.15) is 63.5 Å². The Morgan fingerprint density at radius 1 is 1.18 bits per heavy atom. The number of benzene rings is 2. The number of carbonyl (C=O) groups is 3. The summed E-state index contributed by atoms with van der Waals surface area (Å²) in [6, 6.07) is 9.40. The Labute approximate surface area is 261 Å². The quantitative estimate of drug-likeness (QED) is 0.489. The lowest BCUT2D eigenvalue weighted by Gasteiger charge is -2.36. The number of ether oxygens (including phenoxy) is 1. The van der Waals surface area contributed by atoms with E-state index >= 15 is 0 Å². The highest BCUT2D eigenvalue weighted by atomic mass is 19.1. The van der Waals surface area contributed by atoms with E-state index in [0.29, 0.717) is 50.2 Å². The zero-order valence-electron chi connectivity index (χ0n) is 25.5. The maximum absolute atomic E-state index is 14.7. The minimum Gasteiger partial charge on any atom is -0.494 e. The van der Waals surface area contributed by atoms with Crippen molar-refractivity contribution >= 4 is 23.4 Å². The van der Waals surface area contributed by atoms with Crippen LogP contribution < -0.4 is 15.4 Å². The summed E-state index contributed by atoms with van der Waals surface area (Å²) in [5.41, 5.74) is 0.725. The van der Waals surface area contributed by atoms with Gasteiger partial charge < -0.3 is 25.2 Å². The van der Waals surface area contributed by atoms with E-state index in [9.17, 15) is 28.4 Å². The molecule has 2 aromatic rings. The number of rotatable bonds is 4. The zero-order valence-corrected chi connectivity index (χ0v) is 25.5. The Morgan fingerprint density at radius 2 is 1.96 bits per heavy atom. The van der Waals surface area contributed by atoms with Gasteiger partial charge in [0.05, 0.1) is 23.6 Å². The van der Waals surface area contributed by atoms with E-state index in [0.717, 1.165) is 23.4 Å². The lowest BCUT2D eigenvalue weighted by atomic mass is 9.78. The minimum absolute atomic E-state index is 0.0221. The fraction of sp³-hybridized carbons (Fsp3) is 0.471. The van der Waals surface area contributed by atoms with Crippen LogP contribution in [0.5, 0.6) is 5.75 Å². The van der Waals surface area contributed by atoms with E-state index in [1.165, 1.54) is 15.9 Å². The fourth-order valence-electron chi connectivity index (χ4n) is 7.07. The first-order valence-corrected chi connectivity index (χ1v) is 15.5. The molecule has 0 radical (unpaired) electrons. The molecule has 4 bridgehead atoms. The molecule has 11 heteroatoms. The Hall–Kier alpha value is -4.46. The van der Waals surface area contributed by atoms with Crippen molar-refractivity contribution in [2.24, 2.45) is 5.92 Å². The van der Waals surface area contributed by atoms with Crippen molar-refractivity contribution < 1.29 is 27.9 Å². The largest absolute Gasteiger partial charge is 0.494 e. The van der Waals surface area contributed by atoms with Crippen LogP contribution in [0.2, 0.25) is 0 Å². The van der Waals surface area contributed by atoms with Gasteiger partial charge in [-0.2, -0.15) is 5.26 Å². The maximum Gasteiger partial charge on any atom is 0.312 e. The molecule has 4 aliphatic rings. The number of hydrogen-bond acceptors (Lipinski definition) is 6. The first-order valence-electron chi connectivity index (χ1n) is 15.5. The highest BCUT2D eigenvalue weighted by Gasteiger charge is 2.55. The molecule has 0 unspecified atom stereocenters. The lowest BCUT2D eigenvalue weighted by Crippen LogP contribution is -2.57. The summed E-state index contributed by atoms with van der Waals surface area (Å²) < 4.78 is 34.4. The summed E-state index contributed by atoms with van der Waals surface area (Å²) in [6.45, 7) is 8.76.